The number of quaternary nitrogens is 1. The predicted octanol–water partition coefficient (Wildman–Crippen LogP) is 17.2. The van der Waals surface area contributed by atoms with E-state index in [4.69, 9.17) is 18.9 Å². The van der Waals surface area contributed by atoms with Crippen LogP contribution in [-0.4, -0.2) is 82.3 Å². The van der Waals surface area contributed by atoms with Gasteiger partial charge in [-0.25, -0.2) is 0 Å². The van der Waals surface area contributed by atoms with Crippen LogP contribution in [0.4, 0.5) is 0 Å². The number of rotatable bonds is 57. The molecule has 0 radical (unpaired) electrons. The molecule has 0 spiro atoms. The molecule has 0 aliphatic rings. The van der Waals surface area contributed by atoms with Gasteiger partial charge in [-0.15, -0.1) is 0 Å². The summed E-state index contributed by atoms with van der Waals surface area (Å²) in [5.41, 5.74) is 0. The third-order valence-corrected chi connectivity index (χ3v) is 13.4. The molecule has 9 nitrogen and oxygen atoms in total. The SMILES string of the molecule is CC/C=C\C/C=C\C/C=C\C/C=C\C/C=C\CCCCCCCC(=O)OC(COC(=O)CCCCCCCCCCCCCCCCCCC/C=C\CCCCCCCCCC)COC(OCC[N+](C)(C)C)C(=O)[O-]. The Hall–Kier alpha value is -3.27. The van der Waals surface area contributed by atoms with E-state index < -0.39 is 24.3 Å². The second kappa shape index (κ2) is 56.9. The van der Waals surface area contributed by atoms with Gasteiger partial charge in [0.2, 0.25) is 0 Å². The van der Waals surface area contributed by atoms with Gasteiger partial charge in [0, 0.05) is 12.8 Å². The molecule has 0 aliphatic heterocycles. The number of carbonyl (C=O) groups excluding carboxylic acids is 3. The van der Waals surface area contributed by atoms with Crippen molar-refractivity contribution in [2.24, 2.45) is 0 Å². The smallest absolute Gasteiger partial charge is 0.306 e. The average Bonchev–Trinajstić information content (AvgIpc) is 3.38. The van der Waals surface area contributed by atoms with Gasteiger partial charge in [0.25, 0.3) is 0 Å². The Morgan fingerprint density at radius 1 is 0.413 bits per heavy atom. The molecule has 0 aromatic rings. The van der Waals surface area contributed by atoms with Crippen LogP contribution in [0.1, 0.15) is 271 Å². The van der Waals surface area contributed by atoms with Crippen molar-refractivity contribution in [3.05, 3.63) is 72.9 Å². The molecule has 2 atom stereocenters. The highest BCUT2D eigenvalue weighted by atomic mass is 16.7. The number of carbonyl (C=O) groups is 3. The Morgan fingerprint density at radius 2 is 0.760 bits per heavy atom. The summed E-state index contributed by atoms with van der Waals surface area (Å²) in [6, 6.07) is 0. The Balaban J connectivity index is 4.18. The normalized spacial score (nSPS) is 13.2. The molecular formula is C66H117NO8. The third-order valence-electron chi connectivity index (χ3n) is 13.4. The van der Waals surface area contributed by atoms with Gasteiger partial charge < -0.3 is 33.3 Å². The van der Waals surface area contributed by atoms with E-state index in [1.807, 2.05) is 21.1 Å². The first kappa shape index (κ1) is 71.7. The number of ether oxygens (including phenoxy) is 4. The van der Waals surface area contributed by atoms with E-state index in [9.17, 15) is 19.5 Å². The maximum atomic E-state index is 12.9. The van der Waals surface area contributed by atoms with Crippen LogP contribution in [0, 0.1) is 0 Å². The second-order valence-corrected chi connectivity index (χ2v) is 22.0. The molecule has 0 saturated heterocycles. The zero-order valence-corrected chi connectivity index (χ0v) is 49.4. The van der Waals surface area contributed by atoms with E-state index in [0.29, 0.717) is 17.4 Å². The van der Waals surface area contributed by atoms with Crippen LogP contribution in [-0.2, 0) is 33.3 Å². The summed E-state index contributed by atoms with van der Waals surface area (Å²) in [5, 5.41) is 11.8. The van der Waals surface area contributed by atoms with Crippen molar-refractivity contribution in [3.63, 3.8) is 0 Å². The lowest BCUT2D eigenvalue weighted by Crippen LogP contribution is -2.44. The second-order valence-electron chi connectivity index (χ2n) is 22.0. The molecule has 0 aromatic heterocycles. The summed E-state index contributed by atoms with van der Waals surface area (Å²) in [7, 11) is 5.92. The van der Waals surface area contributed by atoms with Gasteiger partial charge >= 0.3 is 11.9 Å². The molecule has 434 valence electrons. The van der Waals surface area contributed by atoms with Gasteiger partial charge in [0.15, 0.2) is 12.4 Å². The number of esters is 2. The van der Waals surface area contributed by atoms with E-state index >= 15 is 0 Å². The number of aliphatic carboxylic acids is 1. The maximum Gasteiger partial charge on any atom is 0.306 e. The lowest BCUT2D eigenvalue weighted by Gasteiger charge is -2.26. The first-order valence-electron chi connectivity index (χ1n) is 31.1. The maximum absolute atomic E-state index is 12.9. The van der Waals surface area contributed by atoms with Gasteiger partial charge in [-0.1, -0.05) is 247 Å². The van der Waals surface area contributed by atoms with Crippen molar-refractivity contribution in [3.8, 4) is 0 Å². The minimum absolute atomic E-state index is 0.141. The Kier molecular flexibility index (Phi) is 54.4. The molecule has 0 amide bonds. The quantitative estimate of drug-likeness (QED) is 0.0195. The lowest BCUT2D eigenvalue weighted by atomic mass is 10.0. The highest BCUT2D eigenvalue weighted by Crippen LogP contribution is 2.17. The topological polar surface area (TPSA) is 111 Å². The van der Waals surface area contributed by atoms with Crippen molar-refractivity contribution in [2.75, 3.05) is 47.5 Å². The average molecular weight is 1050 g/mol. The molecule has 0 N–H and O–H groups in total. The van der Waals surface area contributed by atoms with Crippen molar-refractivity contribution < 1.29 is 42.9 Å². The molecule has 0 aromatic carbocycles. The molecule has 0 bridgehead atoms. The van der Waals surface area contributed by atoms with E-state index in [2.05, 4.69) is 86.8 Å². The molecule has 75 heavy (non-hydrogen) atoms. The fourth-order valence-corrected chi connectivity index (χ4v) is 8.68. The highest BCUT2D eigenvalue weighted by molar-refractivity contribution is 5.70. The molecule has 0 fully saturated rings. The summed E-state index contributed by atoms with van der Waals surface area (Å²) in [4.78, 5) is 37.3. The minimum Gasteiger partial charge on any atom is -0.545 e. The molecule has 0 aliphatic carbocycles. The van der Waals surface area contributed by atoms with Gasteiger partial charge in [-0.2, -0.15) is 0 Å². The monoisotopic (exact) mass is 1050 g/mol. The molecule has 9 heteroatoms. The molecule has 0 heterocycles. The summed E-state index contributed by atoms with van der Waals surface area (Å²) < 4.78 is 22.7. The van der Waals surface area contributed by atoms with E-state index in [0.717, 1.165) is 83.5 Å². The zero-order chi connectivity index (χ0) is 54.8. The van der Waals surface area contributed by atoms with Crippen LogP contribution in [0.5, 0.6) is 0 Å². The van der Waals surface area contributed by atoms with Crippen molar-refractivity contribution in [1.29, 1.82) is 0 Å². The fraction of sp³-hybridized carbons (Fsp3) is 0.773. The Labute approximate surface area is 462 Å². The van der Waals surface area contributed by atoms with Crippen LogP contribution in [0.25, 0.3) is 0 Å². The summed E-state index contributed by atoms with van der Waals surface area (Å²) in [6.07, 6.45) is 71.1. The largest absolute Gasteiger partial charge is 0.545 e. The molecule has 0 rings (SSSR count). The van der Waals surface area contributed by atoms with Gasteiger partial charge in [-0.05, 0) is 83.5 Å². The summed E-state index contributed by atoms with van der Waals surface area (Å²) in [5.74, 6) is -2.30. The Morgan fingerprint density at radius 3 is 1.15 bits per heavy atom. The minimum atomic E-state index is -1.63. The van der Waals surface area contributed by atoms with E-state index in [-0.39, 0.29) is 38.6 Å². The predicted molar refractivity (Wildman–Crippen MR) is 315 cm³/mol. The highest BCUT2D eigenvalue weighted by Gasteiger charge is 2.22. The molecule has 2 unspecified atom stereocenters. The van der Waals surface area contributed by atoms with Crippen LogP contribution >= 0.6 is 0 Å². The number of unbranched alkanes of at least 4 members (excludes halogenated alkanes) is 30. The van der Waals surface area contributed by atoms with Gasteiger partial charge in [0.05, 0.1) is 40.3 Å². The van der Waals surface area contributed by atoms with E-state index in [1.54, 1.807) is 0 Å². The van der Waals surface area contributed by atoms with Crippen molar-refractivity contribution >= 4 is 17.9 Å². The fourth-order valence-electron chi connectivity index (χ4n) is 8.68. The third kappa shape index (κ3) is 58.3. The van der Waals surface area contributed by atoms with Crippen LogP contribution in [0.3, 0.4) is 0 Å². The van der Waals surface area contributed by atoms with Gasteiger partial charge in [-0.3, -0.25) is 9.59 Å². The zero-order valence-electron chi connectivity index (χ0n) is 49.4. The van der Waals surface area contributed by atoms with Crippen LogP contribution in [0.2, 0.25) is 0 Å². The first-order valence-corrected chi connectivity index (χ1v) is 31.1. The lowest BCUT2D eigenvalue weighted by molar-refractivity contribution is -0.870. The van der Waals surface area contributed by atoms with Crippen LogP contribution < -0.4 is 5.11 Å². The number of hydrogen-bond acceptors (Lipinski definition) is 8. The van der Waals surface area contributed by atoms with Crippen molar-refractivity contribution in [1.82, 2.24) is 0 Å². The summed E-state index contributed by atoms with van der Waals surface area (Å²) in [6.45, 7) is 4.63. The van der Waals surface area contributed by atoms with Crippen molar-refractivity contribution in [2.45, 2.75) is 283 Å². The van der Waals surface area contributed by atoms with E-state index in [1.165, 1.54) is 154 Å². The molecular weight excluding hydrogens is 935 g/mol. The van der Waals surface area contributed by atoms with Gasteiger partial charge in [0.1, 0.15) is 13.2 Å². The standard InChI is InChI=1S/C66H117NO8/c1-6-8-10-12-14-16-18-20-22-24-26-28-29-30-31-32-33-34-35-37-38-40-42-44-46-48-50-52-54-56-63(68)73-60-62(61-74-66(65(70)71)72-59-58-67(3,4)5)75-64(69)57-55-53-51-49-47-45-43-41-39-36-27-25-23-21-19-17-15-13-11-9-7-2/h9,11,15,17,21,23-24,26-27,36,41,43,62,66H,6-8,10,12-14,16,18-20,22,25,28-35,37-40,42,44-61H2,1-5H3/b11-9-,17-15-,23-21-,26-24-,36-27-,43-41-. The van der Waals surface area contributed by atoms with Crippen LogP contribution in [0.15, 0.2) is 72.9 Å². The number of allylic oxidation sites excluding steroid dienone is 12. The number of carboxylic acids is 1. The Bertz CT molecular complexity index is 1460. The first-order chi connectivity index (χ1) is 36.6. The molecule has 0 saturated carbocycles. The number of carboxylic acid groups (broad SMARTS) is 1. The number of likely N-dealkylation sites (N-methyl/N-ethyl adjacent to an activating group) is 1. The summed E-state index contributed by atoms with van der Waals surface area (Å²) >= 11 is 0. The number of hydrogen-bond donors (Lipinski definition) is 0. The number of nitrogens with zero attached hydrogens (tertiary/aromatic N) is 1.